The Hall–Kier alpha value is -2.61. The third kappa shape index (κ3) is 3.48. The van der Waals surface area contributed by atoms with Crippen molar-refractivity contribution in [2.45, 2.75) is 44.9 Å². The van der Waals surface area contributed by atoms with Crippen molar-refractivity contribution in [3.8, 4) is 6.07 Å². The molecule has 124 valence electrons. The number of anilines is 1. The second-order valence-corrected chi connectivity index (χ2v) is 7.25. The first-order valence-corrected chi connectivity index (χ1v) is 8.17. The van der Waals surface area contributed by atoms with Crippen LogP contribution in [0.1, 0.15) is 62.2 Å². The molecule has 0 bridgehead atoms. The summed E-state index contributed by atoms with van der Waals surface area (Å²) < 4.78 is 5.77. The van der Waals surface area contributed by atoms with E-state index < -0.39 is 0 Å². The highest BCUT2D eigenvalue weighted by Crippen LogP contribution is 2.40. The van der Waals surface area contributed by atoms with E-state index in [1.807, 2.05) is 26.8 Å². The fraction of sp³-hybridized carbons (Fsp3) is 0.421. The van der Waals surface area contributed by atoms with Crippen molar-refractivity contribution in [2.24, 2.45) is 5.10 Å². The lowest BCUT2D eigenvalue weighted by atomic mass is 9.97. The number of rotatable bonds is 4. The van der Waals surface area contributed by atoms with Gasteiger partial charge in [0, 0.05) is 12.5 Å². The second-order valence-electron chi connectivity index (χ2n) is 7.25. The molecular weight excluding hydrogens is 300 g/mol. The average Bonchev–Trinajstić information content (AvgIpc) is 3.30. The molecule has 0 atom stereocenters. The van der Waals surface area contributed by atoms with Crippen LogP contribution in [-0.4, -0.2) is 18.2 Å². The molecule has 0 N–H and O–H groups in total. The first-order valence-electron chi connectivity index (χ1n) is 8.17. The molecule has 0 amide bonds. The summed E-state index contributed by atoms with van der Waals surface area (Å²) in [5.41, 5.74) is 2.41. The lowest BCUT2D eigenvalue weighted by Gasteiger charge is -2.13. The smallest absolute Gasteiger partial charge is 0.254 e. The van der Waals surface area contributed by atoms with Gasteiger partial charge in [0.25, 0.3) is 5.88 Å². The molecule has 0 unspecified atom stereocenters. The summed E-state index contributed by atoms with van der Waals surface area (Å²) in [4.78, 5) is 4.28. The van der Waals surface area contributed by atoms with Crippen molar-refractivity contribution in [1.82, 2.24) is 4.98 Å². The number of aromatic nitrogens is 1. The molecule has 1 fully saturated rings. The summed E-state index contributed by atoms with van der Waals surface area (Å²) in [5, 5.41) is 15.3. The number of hydrogen-bond donors (Lipinski definition) is 0. The van der Waals surface area contributed by atoms with E-state index in [0.717, 1.165) is 5.56 Å². The zero-order valence-electron chi connectivity index (χ0n) is 14.6. The van der Waals surface area contributed by atoms with E-state index in [-0.39, 0.29) is 11.1 Å². The number of hydrogen-bond acceptors (Lipinski definition) is 5. The molecule has 1 heterocycles. The van der Waals surface area contributed by atoms with Crippen LogP contribution < -0.4 is 5.01 Å². The van der Waals surface area contributed by atoms with Gasteiger partial charge in [0.2, 0.25) is 11.6 Å². The zero-order chi connectivity index (χ0) is 17.3. The number of oxazole rings is 1. The van der Waals surface area contributed by atoms with Gasteiger partial charge in [-0.3, -0.25) is 0 Å². The van der Waals surface area contributed by atoms with Gasteiger partial charge in [-0.05, 0) is 36.0 Å². The summed E-state index contributed by atoms with van der Waals surface area (Å²) >= 11 is 0. The number of hydrazone groups is 1. The third-order valence-electron chi connectivity index (χ3n) is 3.99. The molecule has 3 rings (SSSR count). The minimum atomic E-state index is -0.257. The van der Waals surface area contributed by atoms with Crippen LogP contribution >= 0.6 is 0 Å². The fourth-order valence-corrected chi connectivity index (χ4v) is 2.44. The van der Waals surface area contributed by atoms with Crippen LogP contribution in [0.4, 0.5) is 5.88 Å². The Balaban J connectivity index is 1.82. The molecule has 1 aromatic carbocycles. The van der Waals surface area contributed by atoms with Crippen molar-refractivity contribution in [2.75, 3.05) is 12.1 Å². The maximum absolute atomic E-state index is 9.29. The van der Waals surface area contributed by atoms with Gasteiger partial charge in [-0.15, -0.1) is 0 Å². The highest BCUT2D eigenvalue weighted by molar-refractivity contribution is 5.80. The summed E-state index contributed by atoms with van der Waals surface area (Å²) in [7, 11) is 1.76. The van der Waals surface area contributed by atoms with Crippen LogP contribution in [0, 0.1) is 11.3 Å². The van der Waals surface area contributed by atoms with Crippen molar-refractivity contribution in [3.05, 3.63) is 47.0 Å². The van der Waals surface area contributed by atoms with Gasteiger partial charge in [-0.2, -0.15) is 15.3 Å². The van der Waals surface area contributed by atoms with Crippen LogP contribution in [0.5, 0.6) is 0 Å². The van der Waals surface area contributed by atoms with Gasteiger partial charge in [-0.1, -0.05) is 39.0 Å². The number of benzene rings is 1. The largest absolute Gasteiger partial charge is 0.421 e. The average molecular weight is 322 g/mol. The minimum absolute atomic E-state index is 0.256. The number of nitrogens with zero attached hydrogens (tertiary/aromatic N) is 4. The fourth-order valence-electron chi connectivity index (χ4n) is 2.44. The first-order chi connectivity index (χ1) is 11.4. The van der Waals surface area contributed by atoms with E-state index in [0.29, 0.717) is 17.7 Å². The lowest BCUT2D eigenvalue weighted by Crippen LogP contribution is -2.11. The molecule has 1 saturated carbocycles. The molecule has 0 radical (unpaired) electrons. The molecule has 24 heavy (non-hydrogen) atoms. The van der Waals surface area contributed by atoms with E-state index in [2.05, 4.69) is 34.4 Å². The standard InChI is InChI=1S/C19H22N4O/c1-19(2,3)18-22-16(11-20)17(24-18)23(4)21-12-13-6-5-7-15(10-13)14-8-9-14/h5-7,10,12,14H,8-9H2,1-4H3. The van der Waals surface area contributed by atoms with Gasteiger partial charge in [-0.25, -0.2) is 5.01 Å². The second kappa shape index (κ2) is 6.12. The molecule has 1 aromatic heterocycles. The topological polar surface area (TPSA) is 65.4 Å². The van der Waals surface area contributed by atoms with Crippen molar-refractivity contribution in [3.63, 3.8) is 0 Å². The van der Waals surface area contributed by atoms with Crippen molar-refractivity contribution < 1.29 is 4.42 Å². The highest BCUT2D eigenvalue weighted by atomic mass is 16.4. The normalized spacial score (nSPS) is 14.8. The quantitative estimate of drug-likeness (QED) is 0.625. The Kier molecular flexibility index (Phi) is 4.15. The van der Waals surface area contributed by atoms with Crippen molar-refractivity contribution in [1.29, 1.82) is 5.26 Å². The SMILES string of the molecule is CN(N=Cc1cccc(C2CC2)c1)c1oc(C(C)(C)C)nc1C#N. The zero-order valence-corrected chi connectivity index (χ0v) is 14.6. The van der Waals surface area contributed by atoms with Gasteiger partial charge >= 0.3 is 0 Å². The van der Waals surface area contributed by atoms with Crippen LogP contribution in [0.2, 0.25) is 0 Å². The molecule has 2 aromatic rings. The van der Waals surface area contributed by atoms with Gasteiger partial charge in [0.15, 0.2) is 0 Å². The third-order valence-corrected chi connectivity index (χ3v) is 3.99. The van der Waals surface area contributed by atoms with Crippen LogP contribution in [0.25, 0.3) is 0 Å². The Bertz CT molecular complexity index is 804. The van der Waals surface area contributed by atoms with Crippen molar-refractivity contribution >= 4 is 12.1 Å². The minimum Gasteiger partial charge on any atom is -0.421 e. The van der Waals surface area contributed by atoms with E-state index in [4.69, 9.17) is 4.42 Å². The van der Waals surface area contributed by atoms with E-state index in [1.54, 1.807) is 18.3 Å². The Morgan fingerprint density at radius 2 is 2.12 bits per heavy atom. The predicted octanol–water partition coefficient (Wildman–Crippen LogP) is 4.19. The maximum atomic E-state index is 9.29. The molecule has 5 nitrogen and oxygen atoms in total. The van der Waals surface area contributed by atoms with Crippen LogP contribution in [0.15, 0.2) is 33.8 Å². The molecular formula is C19H22N4O. The maximum Gasteiger partial charge on any atom is 0.254 e. The Morgan fingerprint density at radius 3 is 2.75 bits per heavy atom. The monoisotopic (exact) mass is 322 g/mol. The molecule has 5 heteroatoms. The Morgan fingerprint density at radius 1 is 1.38 bits per heavy atom. The van der Waals surface area contributed by atoms with Crippen LogP contribution in [0.3, 0.4) is 0 Å². The van der Waals surface area contributed by atoms with Crippen LogP contribution in [-0.2, 0) is 5.41 Å². The van der Waals surface area contributed by atoms with Gasteiger partial charge in [0.1, 0.15) is 6.07 Å². The van der Waals surface area contributed by atoms with Gasteiger partial charge in [0.05, 0.1) is 6.21 Å². The molecule has 0 saturated heterocycles. The molecule has 1 aliphatic rings. The van der Waals surface area contributed by atoms with Gasteiger partial charge < -0.3 is 4.42 Å². The summed E-state index contributed by atoms with van der Waals surface area (Å²) in [6.45, 7) is 5.99. The lowest BCUT2D eigenvalue weighted by molar-refractivity contribution is 0.394. The Labute approximate surface area is 142 Å². The van der Waals surface area contributed by atoms with E-state index >= 15 is 0 Å². The highest BCUT2D eigenvalue weighted by Gasteiger charge is 2.25. The summed E-state index contributed by atoms with van der Waals surface area (Å²) in [6, 6.07) is 10.5. The predicted molar refractivity (Wildman–Crippen MR) is 94.3 cm³/mol. The molecule has 1 aliphatic carbocycles. The summed E-state index contributed by atoms with van der Waals surface area (Å²) in [6.07, 6.45) is 4.34. The van der Waals surface area contributed by atoms with E-state index in [1.165, 1.54) is 18.4 Å². The van der Waals surface area contributed by atoms with E-state index in [9.17, 15) is 5.26 Å². The summed E-state index contributed by atoms with van der Waals surface area (Å²) in [5.74, 6) is 1.62. The number of nitriles is 1. The molecule has 0 spiro atoms. The first kappa shape index (κ1) is 16.3. The molecule has 0 aliphatic heterocycles.